The van der Waals surface area contributed by atoms with Gasteiger partial charge in [-0.25, -0.2) is 9.18 Å². The summed E-state index contributed by atoms with van der Waals surface area (Å²) in [6.07, 6.45) is -1.17. The zero-order valence-corrected chi connectivity index (χ0v) is 12.1. The molecular weight excluding hydrogens is 259 g/mol. The summed E-state index contributed by atoms with van der Waals surface area (Å²) in [6.45, 7) is 4.81. The highest BCUT2D eigenvalue weighted by atomic mass is 19.1. The maximum atomic E-state index is 13.2. The number of halogens is 1. The van der Waals surface area contributed by atoms with Crippen LogP contribution < -0.4 is 5.73 Å². The Hall–Kier alpha value is -1.62. The molecule has 1 amide bonds. The number of piperidine rings is 1. The number of carbonyl (C=O) groups is 1. The Balaban J connectivity index is 0.000000956. The van der Waals surface area contributed by atoms with E-state index in [0.29, 0.717) is 6.54 Å². The predicted octanol–water partition coefficient (Wildman–Crippen LogP) is 2.72. The molecule has 0 saturated carbocycles. The molecule has 2 N–H and O–H groups in total. The fraction of sp³-hybridized carbons (Fsp3) is 0.533. The minimum atomic E-state index is -1.02. The monoisotopic (exact) mass is 282 g/mol. The first kappa shape index (κ1) is 16.4. The van der Waals surface area contributed by atoms with Crippen molar-refractivity contribution in [1.82, 2.24) is 4.90 Å². The van der Waals surface area contributed by atoms with Crippen molar-refractivity contribution in [3.05, 3.63) is 35.9 Å². The summed E-state index contributed by atoms with van der Waals surface area (Å²) >= 11 is 0. The third kappa shape index (κ3) is 4.81. The summed E-state index contributed by atoms with van der Waals surface area (Å²) in [7, 11) is 0. The number of amides is 1. The van der Waals surface area contributed by atoms with Gasteiger partial charge in [0.25, 0.3) is 0 Å². The Labute approximate surface area is 119 Å². The zero-order valence-electron chi connectivity index (χ0n) is 12.1. The van der Waals surface area contributed by atoms with Crippen LogP contribution in [0, 0.1) is 0 Å². The molecule has 0 bridgehead atoms. The fourth-order valence-electron chi connectivity index (χ4n) is 1.93. The minimum absolute atomic E-state index is 0.217. The lowest BCUT2D eigenvalue weighted by Crippen LogP contribution is -2.51. The van der Waals surface area contributed by atoms with E-state index in [0.717, 1.165) is 5.56 Å². The molecule has 0 aliphatic carbocycles. The largest absolute Gasteiger partial charge is 0.445 e. The number of nitrogens with zero attached hydrogens (tertiary/aromatic N) is 1. The minimum Gasteiger partial charge on any atom is -0.445 e. The number of nitrogens with two attached hydrogens (primary N) is 1. The SMILES string of the molecule is CC.NC1CN(C(=O)OCc2ccccc2)CCC1F. The summed E-state index contributed by atoms with van der Waals surface area (Å²) in [6, 6.07) is 8.82. The highest BCUT2D eigenvalue weighted by Gasteiger charge is 2.29. The van der Waals surface area contributed by atoms with Crippen LogP contribution in [0.1, 0.15) is 25.8 Å². The summed E-state index contributed by atoms with van der Waals surface area (Å²) in [4.78, 5) is 13.2. The first-order valence-corrected chi connectivity index (χ1v) is 7.02. The number of likely N-dealkylation sites (tertiary alicyclic amines) is 1. The first-order valence-electron chi connectivity index (χ1n) is 7.02. The topological polar surface area (TPSA) is 55.6 Å². The summed E-state index contributed by atoms with van der Waals surface area (Å²) < 4.78 is 18.3. The van der Waals surface area contributed by atoms with E-state index in [9.17, 15) is 9.18 Å². The Kier molecular flexibility index (Phi) is 7.01. The average Bonchev–Trinajstić information content (AvgIpc) is 2.50. The smallest absolute Gasteiger partial charge is 0.410 e. The van der Waals surface area contributed by atoms with Gasteiger partial charge in [-0.3, -0.25) is 0 Å². The van der Waals surface area contributed by atoms with Gasteiger partial charge in [-0.2, -0.15) is 0 Å². The number of carbonyl (C=O) groups excluding carboxylic acids is 1. The van der Waals surface area contributed by atoms with Gasteiger partial charge < -0.3 is 15.4 Å². The summed E-state index contributed by atoms with van der Waals surface area (Å²) in [5.74, 6) is 0. The molecule has 112 valence electrons. The van der Waals surface area contributed by atoms with Crippen molar-refractivity contribution >= 4 is 6.09 Å². The standard InChI is InChI=1S/C13H17FN2O2.C2H6/c14-11-6-7-16(8-12(11)15)13(17)18-9-10-4-2-1-3-5-10;1-2/h1-5,11-12H,6-9,15H2;1-2H3. The number of benzene rings is 1. The van der Waals surface area contributed by atoms with Gasteiger partial charge in [0.2, 0.25) is 0 Å². The van der Waals surface area contributed by atoms with Crippen molar-refractivity contribution < 1.29 is 13.9 Å². The molecule has 1 aliphatic rings. The third-order valence-electron chi connectivity index (χ3n) is 3.03. The molecule has 1 aromatic carbocycles. The van der Waals surface area contributed by atoms with Gasteiger partial charge in [-0.1, -0.05) is 44.2 Å². The van der Waals surface area contributed by atoms with Gasteiger partial charge in [0.1, 0.15) is 12.8 Å². The summed E-state index contributed by atoms with van der Waals surface area (Å²) in [5.41, 5.74) is 6.52. The highest BCUT2D eigenvalue weighted by Crippen LogP contribution is 2.14. The second-order valence-corrected chi connectivity index (χ2v) is 4.45. The van der Waals surface area contributed by atoms with Gasteiger partial charge in [0.15, 0.2) is 0 Å². The van der Waals surface area contributed by atoms with Crippen molar-refractivity contribution in [3.8, 4) is 0 Å². The van der Waals surface area contributed by atoms with Crippen molar-refractivity contribution in [2.45, 2.75) is 39.1 Å². The maximum absolute atomic E-state index is 13.2. The lowest BCUT2D eigenvalue weighted by atomic mass is 10.1. The van der Waals surface area contributed by atoms with E-state index < -0.39 is 18.3 Å². The molecule has 1 aromatic rings. The first-order chi connectivity index (χ1) is 9.66. The van der Waals surface area contributed by atoms with Crippen molar-refractivity contribution in [3.63, 3.8) is 0 Å². The van der Waals surface area contributed by atoms with Gasteiger partial charge in [0.05, 0.1) is 6.04 Å². The van der Waals surface area contributed by atoms with Crippen LogP contribution in [0.15, 0.2) is 30.3 Å². The van der Waals surface area contributed by atoms with E-state index in [-0.39, 0.29) is 19.6 Å². The van der Waals surface area contributed by atoms with Crippen LogP contribution in [0.4, 0.5) is 9.18 Å². The van der Waals surface area contributed by atoms with Crippen LogP contribution in [0.2, 0.25) is 0 Å². The van der Waals surface area contributed by atoms with Crippen LogP contribution in [0.5, 0.6) is 0 Å². The van der Waals surface area contributed by atoms with Gasteiger partial charge in [-0.05, 0) is 12.0 Å². The van der Waals surface area contributed by atoms with Crippen molar-refractivity contribution in [2.75, 3.05) is 13.1 Å². The second kappa shape index (κ2) is 8.53. The highest BCUT2D eigenvalue weighted by molar-refractivity contribution is 5.67. The molecule has 1 aliphatic heterocycles. The predicted molar refractivity (Wildman–Crippen MR) is 77.0 cm³/mol. The molecular formula is C15H23FN2O2. The van der Waals surface area contributed by atoms with Crippen LogP contribution in [0.25, 0.3) is 0 Å². The molecule has 1 fully saturated rings. The van der Waals surface area contributed by atoms with Crippen LogP contribution in [-0.2, 0) is 11.3 Å². The molecule has 2 unspecified atom stereocenters. The lowest BCUT2D eigenvalue weighted by molar-refractivity contribution is 0.0703. The Morgan fingerprint density at radius 1 is 1.40 bits per heavy atom. The second-order valence-electron chi connectivity index (χ2n) is 4.45. The molecule has 20 heavy (non-hydrogen) atoms. The van der Waals surface area contributed by atoms with E-state index in [1.807, 2.05) is 44.2 Å². The number of ether oxygens (including phenoxy) is 1. The Morgan fingerprint density at radius 3 is 2.65 bits per heavy atom. The molecule has 0 aromatic heterocycles. The van der Waals surface area contributed by atoms with E-state index in [1.54, 1.807) is 0 Å². The number of hydrogen-bond acceptors (Lipinski definition) is 3. The van der Waals surface area contributed by atoms with E-state index in [1.165, 1.54) is 4.90 Å². The quantitative estimate of drug-likeness (QED) is 0.907. The van der Waals surface area contributed by atoms with Gasteiger partial charge in [-0.15, -0.1) is 0 Å². The van der Waals surface area contributed by atoms with Crippen LogP contribution in [-0.4, -0.2) is 36.3 Å². The van der Waals surface area contributed by atoms with E-state index in [2.05, 4.69) is 0 Å². The Bertz CT molecular complexity index is 400. The lowest BCUT2D eigenvalue weighted by Gasteiger charge is -2.32. The van der Waals surface area contributed by atoms with Crippen molar-refractivity contribution in [2.24, 2.45) is 5.73 Å². The molecule has 0 radical (unpaired) electrons. The molecule has 5 heteroatoms. The number of hydrogen-bond donors (Lipinski definition) is 1. The van der Waals surface area contributed by atoms with E-state index >= 15 is 0 Å². The van der Waals surface area contributed by atoms with Crippen LogP contribution in [0.3, 0.4) is 0 Å². The number of rotatable bonds is 2. The maximum Gasteiger partial charge on any atom is 0.410 e. The normalized spacial score (nSPS) is 21.7. The van der Waals surface area contributed by atoms with Crippen molar-refractivity contribution in [1.29, 1.82) is 0 Å². The molecule has 1 saturated heterocycles. The van der Waals surface area contributed by atoms with E-state index in [4.69, 9.17) is 10.5 Å². The Morgan fingerprint density at radius 2 is 2.05 bits per heavy atom. The molecule has 2 atom stereocenters. The fourth-order valence-corrected chi connectivity index (χ4v) is 1.93. The van der Waals surface area contributed by atoms with Crippen LogP contribution >= 0.6 is 0 Å². The van der Waals surface area contributed by atoms with Gasteiger partial charge >= 0.3 is 6.09 Å². The molecule has 1 heterocycles. The molecule has 2 rings (SSSR count). The third-order valence-corrected chi connectivity index (χ3v) is 3.03. The molecule has 4 nitrogen and oxygen atoms in total. The van der Waals surface area contributed by atoms with Gasteiger partial charge in [0, 0.05) is 13.1 Å². The molecule has 0 spiro atoms. The zero-order chi connectivity index (χ0) is 15.0. The summed E-state index contributed by atoms with van der Waals surface area (Å²) in [5, 5.41) is 0. The average molecular weight is 282 g/mol. The number of alkyl halides is 1.